The maximum atomic E-state index is 13.0. The number of ether oxygens (including phenoxy) is 1. The molecule has 2 aliphatic carbocycles. The quantitative estimate of drug-likeness (QED) is 0.543. The molecule has 0 radical (unpaired) electrons. The van der Waals surface area contributed by atoms with Crippen LogP contribution < -0.4 is 10.1 Å². The van der Waals surface area contributed by atoms with Crippen LogP contribution in [0.3, 0.4) is 0 Å². The van der Waals surface area contributed by atoms with E-state index in [-0.39, 0.29) is 11.9 Å². The summed E-state index contributed by atoms with van der Waals surface area (Å²) in [7, 11) is 1.75. The molecule has 1 atom stereocenters. The number of hydrogen-bond donors (Lipinski definition) is 1. The number of carbonyl (C=O) groups is 1. The number of allylic oxidation sites excluding steroid dienone is 1. The van der Waals surface area contributed by atoms with E-state index in [0.717, 1.165) is 31.7 Å². The van der Waals surface area contributed by atoms with Crippen molar-refractivity contribution in [1.82, 2.24) is 10.2 Å². The van der Waals surface area contributed by atoms with Gasteiger partial charge in [0, 0.05) is 28.4 Å². The Hall–Kier alpha value is -2.11. The maximum absolute atomic E-state index is 13.0. The number of rotatable bonds is 7. The van der Waals surface area contributed by atoms with Crippen LogP contribution in [0, 0.1) is 0 Å². The molecule has 5 heteroatoms. The van der Waals surface area contributed by atoms with Crippen molar-refractivity contribution in [1.29, 1.82) is 0 Å². The number of carbonyl (C=O) groups excluding carboxylic acids is 1. The van der Waals surface area contributed by atoms with Gasteiger partial charge in [0.15, 0.2) is 0 Å². The minimum absolute atomic E-state index is 0.0901. The van der Waals surface area contributed by atoms with Gasteiger partial charge in [-0.05, 0) is 81.4 Å². The second kappa shape index (κ2) is 10.4. The topological polar surface area (TPSA) is 41.6 Å². The largest absolute Gasteiger partial charge is 0.496 e. The number of thiophene rings is 1. The summed E-state index contributed by atoms with van der Waals surface area (Å²) >= 11 is 1.99. The number of methoxy groups -OCH3 is 1. The molecular weight excluding hydrogens is 428 g/mol. The molecule has 1 aromatic carbocycles. The predicted octanol–water partition coefficient (Wildman–Crippen LogP) is 5.59. The zero-order valence-electron chi connectivity index (χ0n) is 19.8. The number of benzene rings is 1. The van der Waals surface area contributed by atoms with Crippen molar-refractivity contribution in [2.45, 2.75) is 70.3 Å². The molecule has 33 heavy (non-hydrogen) atoms. The minimum Gasteiger partial charge on any atom is -0.496 e. The first-order chi connectivity index (χ1) is 16.2. The number of amides is 1. The molecule has 1 amide bonds. The van der Waals surface area contributed by atoms with Gasteiger partial charge < -0.3 is 10.1 Å². The molecule has 1 aliphatic heterocycles. The highest BCUT2D eigenvalue weighted by atomic mass is 32.1. The van der Waals surface area contributed by atoms with E-state index in [1.54, 1.807) is 23.1 Å². The third-order valence-electron chi connectivity index (χ3n) is 7.51. The van der Waals surface area contributed by atoms with Gasteiger partial charge in [-0.15, -0.1) is 11.3 Å². The summed E-state index contributed by atoms with van der Waals surface area (Å²) in [5, 5.41) is 3.20. The fourth-order valence-corrected chi connectivity index (χ4v) is 7.43. The van der Waals surface area contributed by atoms with Crippen molar-refractivity contribution in [3.8, 4) is 5.75 Å². The summed E-state index contributed by atoms with van der Waals surface area (Å²) in [5.41, 5.74) is 5.87. The van der Waals surface area contributed by atoms with Gasteiger partial charge in [0.25, 0.3) is 0 Å². The Labute approximate surface area is 202 Å². The maximum Gasteiger partial charge on any atom is 0.234 e. The summed E-state index contributed by atoms with van der Waals surface area (Å²) in [6, 6.07) is 8.44. The van der Waals surface area contributed by atoms with E-state index in [1.165, 1.54) is 67.4 Å². The van der Waals surface area contributed by atoms with E-state index >= 15 is 0 Å². The molecule has 0 bridgehead atoms. The van der Waals surface area contributed by atoms with Crippen LogP contribution in [0.25, 0.3) is 0 Å². The molecule has 3 aliphatic rings. The number of para-hydroxylation sites is 1. The van der Waals surface area contributed by atoms with Crippen LogP contribution in [0.15, 0.2) is 35.9 Å². The lowest BCUT2D eigenvalue weighted by atomic mass is 9.88. The standard InChI is InChI=1S/C28H36N2O2S/c1-32-24-13-7-5-12-23(24)27-28-22(21-11-6-8-14-25(21)33-28)16-18-30(27)19-26(31)29-17-15-20-9-3-2-4-10-20/h5,7,9,12-13,27H,2-4,6,8,10-11,14-19H2,1H3,(H,29,31)/t27-/m0/s1. The third-order valence-corrected chi connectivity index (χ3v) is 8.89. The summed E-state index contributed by atoms with van der Waals surface area (Å²) in [6.45, 7) is 2.09. The number of nitrogens with one attached hydrogen (secondary N) is 1. The summed E-state index contributed by atoms with van der Waals surface area (Å²) < 4.78 is 5.77. The molecule has 176 valence electrons. The summed E-state index contributed by atoms with van der Waals surface area (Å²) in [6.07, 6.45) is 14.4. The van der Waals surface area contributed by atoms with Crippen molar-refractivity contribution in [2.75, 3.05) is 26.7 Å². The fourth-order valence-electron chi connectivity index (χ4n) is 5.83. The number of nitrogens with zero attached hydrogens (tertiary/aromatic N) is 1. The van der Waals surface area contributed by atoms with Gasteiger partial charge in [-0.25, -0.2) is 0 Å². The molecule has 0 saturated carbocycles. The van der Waals surface area contributed by atoms with Gasteiger partial charge in [-0.1, -0.05) is 29.8 Å². The highest BCUT2D eigenvalue weighted by Gasteiger charge is 2.36. The van der Waals surface area contributed by atoms with Crippen LogP contribution in [0.5, 0.6) is 5.75 Å². The zero-order chi connectivity index (χ0) is 22.6. The van der Waals surface area contributed by atoms with E-state index in [4.69, 9.17) is 4.74 Å². The lowest BCUT2D eigenvalue weighted by molar-refractivity contribution is -0.122. The Morgan fingerprint density at radius 3 is 2.79 bits per heavy atom. The van der Waals surface area contributed by atoms with Crippen molar-refractivity contribution < 1.29 is 9.53 Å². The number of aryl methyl sites for hydroxylation is 1. The van der Waals surface area contributed by atoms with Crippen molar-refractivity contribution >= 4 is 17.2 Å². The van der Waals surface area contributed by atoms with Crippen LogP contribution in [0.1, 0.15) is 77.4 Å². The van der Waals surface area contributed by atoms with Crippen LogP contribution in [-0.4, -0.2) is 37.6 Å². The van der Waals surface area contributed by atoms with Gasteiger partial charge >= 0.3 is 0 Å². The minimum atomic E-state index is 0.0901. The Balaban J connectivity index is 1.36. The van der Waals surface area contributed by atoms with Crippen LogP contribution in [-0.2, 0) is 24.1 Å². The fraction of sp³-hybridized carbons (Fsp3) is 0.536. The lowest BCUT2D eigenvalue weighted by Gasteiger charge is -2.36. The molecule has 1 N–H and O–H groups in total. The van der Waals surface area contributed by atoms with Gasteiger partial charge in [-0.3, -0.25) is 9.69 Å². The van der Waals surface area contributed by atoms with Gasteiger partial charge in [0.2, 0.25) is 5.91 Å². The Bertz CT molecular complexity index is 1020. The van der Waals surface area contributed by atoms with E-state index in [2.05, 4.69) is 28.4 Å². The monoisotopic (exact) mass is 464 g/mol. The molecule has 4 nitrogen and oxygen atoms in total. The molecule has 1 aromatic heterocycles. The van der Waals surface area contributed by atoms with E-state index in [1.807, 2.05) is 23.5 Å². The lowest BCUT2D eigenvalue weighted by Crippen LogP contribution is -2.43. The Morgan fingerprint density at radius 1 is 1.09 bits per heavy atom. The highest BCUT2D eigenvalue weighted by molar-refractivity contribution is 7.12. The average Bonchev–Trinajstić information content (AvgIpc) is 3.23. The smallest absolute Gasteiger partial charge is 0.234 e. The van der Waals surface area contributed by atoms with Crippen LogP contribution >= 0.6 is 11.3 Å². The first-order valence-electron chi connectivity index (χ1n) is 12.7. The first kappa shape index (κ1) is 22.7. The van der Waals surface area contributed by atoms with Crippen molar-refractivity contribution in [3.63, 3.8) is 0 Å². The molecule has 0 saturated heterocycles. The van der Waals surface area contributed by atoms with Crippen LogP contribution in [0.4, 0.5) is 0 Å². The number of fused-ring (bicyclic) bond motifs is 3. The van der Waals surface area contributed by atoms with Gasteiger partial charge in [0.1, 0.15) is 5.75 Å². The SMILES string of the molecule is COc1ccccc1[C@H]1c2sc3c(c2CCN1CC(=O)NCCC1=CCCCC1)CCCC3. The van der Waals surface area contributed by atoms with Crippen molar-refractivity contribution in [3.05, 3.63) is 62.4 Å². The van der Waals surface area contributed by atoms with Crippen molar-refractivity contribution in [2.24, 2.45) is 0 Å². The second-order valence-electron chi connectivity index (χ2n) is 9.63. The number of hydrogen-bond acceptors (Lipinski definition) is 4. The molecule has 2 aromatic rings. The predicted molar refractivity (Wildman–Crippen MR) is 135 cm³/mol. The molecule has 0 unspecified atom stereocenters. The molecule has 0 spiro atoms. The second-order valence-corrected chi connectivity index (χ2v) is 10.8. The van der Waals surface area contributed by atoms with Gasteiger partial charge in [-0.2, -0.15) is 0 Å². The highest BCUT2D eigenvalue weighted by Crippen LogP contribution is 2.46. The zero-order valence-corrected chi connectivity index (χ0v) is 20.6. The normalized spacial score (nSPS) is 20.5. The Morgan fingerprint density at radius 2 is 1.94 bits per heavy atom. The molecule has 0 fully saturated rings. The summed E-state index contributed by atoms with van der Waals surface area (Å²) in [5.74, 6) is 1.05. The van der Waals surface area contributed by atoms with Crippen LogP contribution in [0.2, 0.25) is 0 Å². The van der Waals surface area contributed by atoms with Gasteiger partial charge in [0.05, 0.1) is 19.7 Å². The molecule has 2 heterocycles. The first-order valence-corrected chi connectivity index (χ1v) is 13.5. The molecular formula is C28H36N2O2S. The van der Waals surface area contributed by atoms with E-state index in [0.29, 0.717) is 6.54 Å². The van der Waals surface area contributed by atoms with E-state index < -0.39 is 0 Å². The molecule has 5 rings (SSSR count). The summed E-state index contributed by atoms with van der Waals surface area (Å²) in [4.78, 5) is 18.4. The third kappa shape index (κ3) is 4.90. The van der Waals surface area contributed by atoms with E-state index in [9.17, 15) is 4.79 Å². The Kier molecular flexibility index (Phi) is 7.17. The average molecular weight is 465 g/mol.